The molecule has 5 aromatic rings. The van der Waals surface area contributed by atoms with Gasteiger partial charge in [-0.2, -0.15) is 0 Å². The van der Waals surface area contributed by atoms with E-state index in [9.17, 15) is 9.90 Å². The first-order chi connectivity index (χ1) is 24.1. The van der Waals surface area contributed by atoms with Crippen LogP contribution in [-0.2, 0) is 31.3 Å². The van der Waals surface area contributed by atoms with E-state index in [1.807, 2.05) is 40.0 Å². The maximum Gasteiger partial charge on any atom is 0.162 e. The molecule has 0 fully saturated rings. The molecule has 5 rings (SSSR count). The van der Waals surface area contributed by atoms with E-state index in [-0.39, 0.29) is 48.9 Å². The quantitative estimate of drug-likeness (QED) is 0.0816. The van der Waals surface area contributed by atoms with Crippen molar-refractivity contribution in [2.75, 3.05) is 0 Å². The number of hydrogen-bond donors (Lipinski definition) is 1. The number of benzene rings is 3. The largest absolute Gasteiger partial charge is 0.512 e. The maximum atomic E-state index is 11.7. The minimum Gasteiger partial charge on any atom is -0.512 e. The predicted octanol–water partition coefficient (Wildman–Crippen LogP) is 13.6. The van der Waals surface area contributed by atoms with Crippen molar-refractivity contribution in [1.29, 1.82) is 0 Å². The molecule has 0 atom stereocenters. The Morgan fingerprint density at radius 2 is 1.54 bits per heavy atom. The van der Waals surface area contributed by atoms with Crippen molar-refractivity contribution in [3.63, 3.8) is 0 Å². The van der Waals surface area contributed by atoms with Crippen LogP contribution >= 0.6 is 0 Å². The van der Waals surface area contributed by atoms with Crippen LogP contribution in [0.2, 0.25) is 0 Å². The van der Waals surface area contributed by atoms with E-state index < -0.39 is 0 Å². The summed E-state index contributed by atoms with van der Waals surface area (Å²) in [6.07, 6.45) is 7.81. The molecular formula is C47H60IrNO3-. The fraction of sp³-hybridized carbons (Fsp3) is 0.447. The van der Waals surface area contributed by atoms with Gasteiger partial charge in [0.2, 0.25) is 0 Å². The predicted molar refractivity (Wildman–Crippen MR) is 217 cm³/mol. The number of aryl methyl sites for hydroxylation is 3. The number of furan rings is 1. The molecule has 1 radical (unpaired) electrons. The molecule has 0 aliphatic carbocycles. The van der Waals surface area contributed by atoms with Crippen LogP contribution < -0.4 is 0 Å². The SMILES string of the molecule is CCC(CC)C(=O)/C=C(\O)C(CC)CC.Cc1cc(C)c2c(C(C)C)cc(-c3nccc4oc(-c5ccc(CC(C)(C)C)cc5C)cc34)[c-]c2c1.[Ir]. The minimum atomic E-state index is 0. The van der Waals surface area contributed by atoms with Crippen LogP contribution in [0.4, 0.5) is 0 Å². The van der Waals surface area contributed by atoms with E-state index in [1.54, 1.807) is 0 Å². The van der Waals surface area contributed by atoms with Crippen molar-refractivity contribution in [1.82, 2.24) is 4.98 Å². The Bertz CT molecular complexity index is 2000. The Labute approximate surface area is 326 Å². The summed E-state index contributed by atoms with van der Waals surface area (Å²) in [5.74, 6) is 1.83. The van der Waals surface area contributed by atoms with Crippen molar-refractivity contribution in [3.8, 4) is 22.6 Å². The van der Waals surface area contributed by atoms with Crippen molar-refractivity contribution in [2.24, 2.45) is 17.3 Å². The molecule has 0 saturated carbocycles. The van der Waals surface area contributed by atoms with Gasteiger partial charge in [0, 0.05) is 60.9 Å². The number of aliphatic hydroxyl groups is 1. The van der Waals surface area contributed by atoms with E-state index in [1.165, 1.54) is 39.3 Å². The van der Waals surface area contributed by atoms with E-state index in [0.29, 0.717) is 5.92 Å². The molecule has 0 bridgehead atoms. The Balaban J connectivity index is 0.000000389. The molecule has 0 unspecified atom stereocenters. The fourth-order valence-electron chi connectivity index (χ4n) is 7.26. The fourth-order valence-corrected chi connectivity index (χ4v) is 7.26. The third-order valence-electron chi connectivity index (χ3n) is 10.0. The van der Waals surface area contributed by atoms with Gasteiger partial charge in [-0.3, -0.25) is 9.78 Å². The van der Waals surface area contributed by atoms with Gasteiger partial charge in [0.05, 0.1) is 5.76 Å². The van der Waals surface area contributed by atoms with Gasteiger partial charge in [0.15, 0.2) is 5.78 Å². The minimum absolute atomic E-state index is 0. The van der Waals surface area contributed by atoms with Crippen LogP contribution in [0.5, 0.6) is 0 Å². The summed E-state index contributed by atoms with van der Waals surface area (Å²) in [4.78, 5) is 16.5. The average molecular weight is 879 g/mol. The monoisotopic (exact) mass is 879 g/mol. The number of aromatic nitrogens is 1. The van der Waals surface area contributed by atoms with Crippen LogP contribution in [0.15, 0.2) is 71.0 Å². The van der Waals surface area contributed by atoms with Gasteiger partial charge in [-0.15, -0.1) is 29.1 Å². The number of hydrogen-bond acceptors (Lipinski definition) is 4. The summed E-state index contributed by atoms with van der Waals surface area (Å²) < 4.78 is 6.39. The molecule has 52 heavy (non-hydrogen) atoms. The molecule has 0 saturated heterocycles. The van der Waals surface area contributed by atoms with Crippen LogP contribution in [0.3, 0.4) is 0 Å². The first kappa shape index (κ1) is 42.9. The molecule has 0 aliphatic heterocycles. The Morgan fingerprint density at radius 3 is 2.12 bits per heavy atom. The molecule has 0 amide bonds. The van der Waals surface area contributed by atoms with E-state index >= 15 is 0 Å². The van der Waals surface area contributed by atoms with Gasteiger partial charge in [0.25, 0.3) is 0 Å². The number of carbonyl (C=O) groups excluding carboxylic acids is 1. The molecule has 0 aliphatic rings. The first-order valence-electron chi connectivity index (χ1n) is 19.0. The van der Waals surface area contributed by atoms with Crippen LogP contribution in [0.25, 0.3) is 44.3 Å². The molecule has 281 valence electrons. The molecule has 1 N–H and O–H groups in total. The second-order valence-electron chi connectivity index (χ2n) is 15.9. The summed E-state index contributed by atoms with van der Waals surface area (Å²) in [7, 11) is 0. The number of carbonyl (C=O) groups is 1. The van der Waals surface area contributed by atoms with Crippen LogP contribution in [0, 0.1) is 44.1 Å². The smallest absolute Gasteiger partial charge is 0.162 e. The zero-order chi connectivity index (χ0) is 37.6. The van der Waals surface area contributed by atoms with Crippen molar-refractivity contribution >= 4 is 27.5 Å². The summed E-state index contributed by atoms with van der Waals surface area (Å²) in [6, 6.07) is 21.3. The summed E-state index contributed by atoms with van der Waals surface area (Å²) >= 11 is 0. The van der Waals surface area contributed by atoms with Gasteiger partial charge < -0.3 is 9.52 Å². The van der Waals surface area contributed by atoms with E-state index in [4.69, 9.17) is 9.40 Å². The third kappa shape index (κ3) is 10.3. The van der Waals surface area contributed by atoms with E-state index in [0.717, 1.165) is 71.0 Å². The molecule has 5 heteroatoms. The number of fused-ring (bicyclic) bond motifs is 2. The summed E-state index contributed by atoms with van der Waals surface area (Å²) in [5.41, 5.74) is 10.7. The number of ketones is 1. The van der Waals surface area contributed by atoms with Gasteiger partial charge in [0.1, 0.15) is 11.3 Å². The second kappa shape index (κ2) is 18.5. The van der Waals surface area contributed by atoms with Gasteiger partial charge in [-0.05, 0) is 87.5 Å². The van der Waals surface area contributed by atoms with Gasteiger partial charge in [-0.1, -0.05) is 109 Å². The van der Waals surface area contributed by atoms with Crippen LogP contribution in [0.1, 0.15) is 122 Å². The Morgan fingerprint density at radius 1 is 0.885 bits per heavy atom. The van der Waals surface area contributed by atoms with Gasteiger partial charge >= 0.3 is 0 Å². The molecule has 2 aromatic heterocycles. The topological polar surface area (TPSA) is 63.3 Å². The van der Waals surface area contributed by atoms with Crippen molar-refractivity contribution in [3.05, 3.63) is 100 Å². The normalized spacial score (nSPS) is 12.1. The Hall–Kier alpha value is -3.53. The number of rotatable bonds is 11. The molecule has 2 heterocycles. The number of aliphatic hydroxyl groups excluding tert-OH is 1. The molecular weight excluding hydrogens is 819 g/mol. The zero-order valence-corrected chi connectivity index (χ0v) is 36.0. The molecule has 0 spiro atoms. The number of allylic oxidation sites excluding steroid dienone is 2. The van der Waals surface area contributed by atoms with Crippen LogP contribution in [-0.4, -0.2) is 15.9 Å². The molecule has 3 aromatic carbocycles. The van der Waals surface area contributed by atoms with E-state index in [2.05, 4.69) is 104 Å². The Kier molecular flexibility index (Phi) is 15.2. The van der Waals surface area contributed by atoms with Gasteiger partial charge in [-0.25, -0.2) is 0 Å². The summed E-state index contributed by atoms with van der Waals surface area (Å²) in [5, 5.41) is 13.3. The number of nitrogens with zero attached hydrogens (tertiary/aromatic N) is 1. The third-order valence-corrected chi connectivity index (χ3v) is 10.0. The summed E-state index contributed by atoms with van der Waals surface area (Å²) in [6.45, 7) is 25.9. The van der Waals surface area contributed by atoms with Crippen molar-refractivity contribution in [2.45, 2.75) is 121 Å². The van der Waals surface area contributed by atoms with Crippen molar-refractivity contribution < 1.29 is 34.4 Å². The number of pyridine rings is 1. The zero-order valence-electron chi connectivity index (χ0n) is 33.6. The molecule has 4 nitrogen and oxygen atoms in total. The first-order valence-corrected chi connectivity index (χ1v) is 19.0. The maximum absolute atomic E-state index is 11.7. The second-order valence-corrected chi connectivity index (χ2v) is 15.9. The average Bonchev–Trinajstić information content (AvgIpc) is 3.49. The standard InChI is InChI=1S/C34H36NO.C13H24O2.Ir/c1-20(2)28-17-26(16-25-14-21(3)13-23(5)32(25)28)33-29-18-31(36-30(29)11-12-35-33)27-10-9-24(15-22(27)4)19-34(6,7)8;1-5-10(6-2)12(14)9-13(15)11(7-3)8-4;/h9-15,17-18,20H,19H2,1-8H3;9-11,14H,5-8H2,1-4H3;/q-1;;/b;12-9-;.